The first-order valence-corrected chi connectivity index (χ1v) is 8.54. The van der Waals surface area contributed by atoms with Crippen LogP contribution in [0.5, 0.6) is 5.75 Å². The van der Waals surface area contributed by atoms with Gasteiger partial charge in [-0.05, 0) is 42.7 Å². The maximum absolute atomic E-state index is 13.2. The normalized spacial score (nSPS) is 11.8. The molecule has 0 N–H and O–H groups in total. The third-order valence-corrected chi connectivity index (χ3v) is 3.98. The number of carbonyl (C=O) groups is 1. The predicted octanol–water partition coefficient (Wildman–Crippen LogP) is 3.87. The molecule has 4 nitrogen and oxygen atoms in total. The highest BCUT2D eigenvalue weighted by molar-refractivity contribution is 5.86. The Morgan fingerprint density at radius 1 is 1.08 bits per heavy atom. The van der Waals surface area contributed by atoms with Crippen molar-refractivity contribution in [2.75, 3.05) is 20.2 Å². The molecule has 0 spiro atoms. The molecule has 1 unspecified atom stereocenters. The van der Waals surface area contributed by atoms with Gasteiger partial charge in [0.05, 0.1) is 12.8 Å². The quantitative estimate of drug-likeness (QED) is 0.739. The van der Waals surface area contributed by atoms with Crippen LogP contribution >= 0.6 is 0 Å². The third kappa shape index (κ3) is 4.34. The third-order valence-electron chi connectivity index (χ3n) is 3.98. The summed E-state index contributed by atoms with van der Waals surface area (Å²) in [6.45, 7) is 5.73. The molecule has 0 aliphatic heterocycles. The standard InChI is InChI=1S/C20H26N2O2/c1-4-14-22(15-5-2)20(23)19(18-8-6-7-13-21-18)16-9-11-17(24-3)12-10-16/h6-13,19H,4-5,14-15H2,1-3H3. The minimum atomic E-state index is -0.379. The van der Waals surface area contributed by atoms with Gasteiger partial charge in [0, 0.05) is 19.3 Å². The highest BCUT2D eigenvalue weighted by Gasteiger charge is 2.28. The van der Waals surface area contributed by atoms with Gasteiger partial charge in [-0.25, -0.2) is 0 Å². The van der Waals surface area contributed by atoms with E-state index < -0.39 is 0 Å². The Balaban J connectivity index is 2.40. The van der Waals surface area contributed by atoms with Crippen molar-refractivity contribution in [1.82, 2.24) is 9.88 Å². The number of hydrogen-bond acceptors (Lipinski definition) is 3. The zero-order valence-corrected chi connectivity index (χ0v) is 14.7. The molecule has 0 saturated heterocycles. The Labute approximate surface area is 144 Å². The molecular formula is C20H26N2O2. The van der Waals surface area contributed by atoms with Crippen LogP contribution in [-0.4, -0.2) is 36.0 Å². The Morgan fingerprint density at radius 2 is 1.75 bits per heavy atom. The molecule has 1 heterocycles. The SMILES string of the molecule is CCCN(CCC)C(=O)C(c1ccc(OC)cc1)c1ccccn1. The van der Waals surface area contributed by atoms with Crippen LogP contribution < -0.4 is 4.74 Å². The van der Waals surface area contributed by atoms with E-state index in [9.17, 15) is 4.79 Å². The van der Waals surface area contributed by atoms with E-state index in [0.29, 0.717) is 0 Å². The van der Waals surface area contributed by atoms with Crippen molar-refractivity contribution >= 4 is 5.91 Å². The molecule has 0 aliphatic rings. The van der Waals surface area contributed by atoms with Crippen molar-refractivity contribution in [1.29, 1.82) is 0 Å². The molecule has 1 aromatic heterocycles. The molecule has 0 fully saturated rings. The van der Waals surface area contributed by atoms with E-state index in [4.69, 9.17) is 4.74 Å². The van der Waals surface area contributed by atoms with Gasteiger partial charge >= 0.3 is 0 Å². The van der Waals surface area contributed by atoms with Gasteiger partial charge < -0.3 is 9.64 Å². The molecule has 0 aliphatic carbocycles. The molecule has 2 aromatic rings. The van der Waals surface area contributed by atoms with E-state index in [2.05, 4.69) is 18.8 Å². The van der Waals surface area contributed by atoms with Crippen LogP contribution in [0.25, 0.3) is 0 Å². The van der Waals surface area contributed by atoms with Crippen LogP contribution in [0.1, 0.15) is 43.9 Å². The number of amides is 1. The second-order valence-electron chi connectivity index (χ2n) is 5.79. The Hall–Kier alpha value is -2.36. The van der Waals surface area contributed by atoms with E-state index in [1.807, 2.05) is 47.4 Å². The van der Waals surface area contributed by atoms with Gasteiger partial charge in [-0.15, -0.1) is 0 Å². The van der Waals surface area contributed by atoms with Gasteiger partial charge in [0.25, 0.3) is 0 Å². The zero-order chi connectivity index (χ0) is 17.4. The van der Waals surface area contributed by atoms with Crippen LogP contribution in [0.4, 0.5) is 0 Å². The lowest BCUT2D eigenvalue weighted by atomic mass is 9.93. The molecule has 2 rings (SSSR count). The predicted molar refractivity (Wildman–Crippen MR) is 96.2 cm³/mol. The minimum absolute atomic E-state index is 0.113. The first-order chi connectivity index (χ1) is 11.7. The van der Waals surface area contributed by atoms with Crippen LogP contribution in [0.2, 0.25) is 0 Å². The number of ether oxygens (including phenoxy) is 1. The van der Waals surface area contributed by atoms with Gasteiger partial charge in [0.15, 0.2) is 0 Å². The van der Waals surface area contributed by atoms with Gasteiger partial charge in [-0.1, -0.05) is 32.0 Å². The van der Waals surface area contributed by atoms with Crippen molar-refractivity contribution in [2.24, 2.45) is 0 Å². The first-order valence-electron chi connectivity index (χ1n) is 8.54. The summed E-state index contributed by atoms with van der Waals surface area (Å²) in [5, 5.41) is 0. The fraction of sp³-hybridized carbons (Fsp3) is 0.400. The number of nitrogens with zero attached hydrogens (tertiary/aromatic N) is 2. The van der Waals surface area contributed by atoms with Crippen molar-refractivity contribution in [2.45, 2.75) is 32.6 Å². The number of benzene rings is 1. The summed E-state index contributed by atoms with van der Waals surface area (Å²) in [5.41, 5.74) is 1.72. The maximum Gasteiger partial charge on any atom is 0.236 e. The van der Waals surface area contributed by atoms with Crippen molar-refractivity contribution in [3.05, 3.63) is 59.9 Å². The summed E-state index contributed by atoms with van der Waals surface area (Å²) < 4.78 is 5.23. The van der Waals surface area contributed by atoms with Crippen molar-refractivity contribution in [3.8, 4) is 5.75 Å². The Bertz CT molecular complexity index is 620. The molecule has 1 atom stereocenters. The van der Waals surface area contributed by atoms with Gasteiger partial charge in [-0.3, -0.25) is 9.78 Å². The fourth-order valence-electron chi connectivity index (χ4n) is 2.84. The van der Waals surface area contributed by atoms with Crippen LogP contribution in [0.3, 0.4) is 0 Å². The number of rotatable bonds is 8. The minimum Gasteiger partial charge on any atom is -0.497 e. The lowest BCUT2D eigenvalue weighted by Gasteiger charge is -2.27. The smallest absolute Gasteiger partial charge is 0.236 e. The zero-order valence-electron chi connectivity index (χ0n) is 14.7. The average molecular weight is 326 g/mol. The molecule has 4 heteroatoms. The van der Waals surface area contributed by atoms with Gasteiger partial charge in [0.2, 0.25) is 5.91 Å². The van der Waals surface area contributed by atoms with E-state index in [1.54, 1.807) is 13.3 Å². The first kappa shape index (κ1) is 18.0. The van der Waals surface area contributed by atoms with E-state index in [0.717, 1.165) is 42.9 Å². The molecule has 0 radical (unpaired) electrons. The number of pyridine rings is 1. The maximum atomic E-state index is 13.2. The number of hydrogen-bond donors (Lipinski definition) is 0. The summed E-state index contributed by atoms with van der Waals surface area (Å²) in [4.78, 5) is 19.6. The van der Waals surface area contributed by atoms with Crippen LogP contribution in [0.15, 0.2) is 48.7 Å². The number of carbonyl (C=O) groups excluding carboxylic acids is 1. The summed E-state index contributed by atoms with van der Waals surface area (Å²) in [7, 11) is 1.64. The topological polar surface area (TPSA) is 42.4 Å². The average Bonchev–Trinajstić information content (AvgIpc) is 2.63. The van der Waals surface area contributed by atoms with Gasteiger partial charge in [0.1, 0.15) is 11.7 Å². The molecule has 1 aromatic carbocycles. The fourth-order valence-corrected chi connectivity index (χ4v) is 2.84. The molecule has 1 amide bonds. The molecule has 0 saturated carbocycles. The van der Waals surface area contributed by atoms with E-state index >= 15 is 0 Å². The van der Waals surface area contributed by atoms with Gasteiger partial charge in [-0.2, -0.15) is 0 Å². The Kier molecular flexibility index (Phi) is 6.79. The number of methoxy groups -OCH3 is 1. The highest BCUT2D eigenvalue weighted by Crippen LogP contribution is 2.27. The summed E-state index contributed by atoms with van der Waals surface area (Å²) in [6.07, 6.45) is 3.63. The second kappa shape index (κ2) is 9.06. The number of aromatic nitrogens is 1. The second-order valence-corrected chi connectivity index (χ2v) is 5.79. The molecular weight excluding hydrogens is 300 g/mol. The molecule has 128 valence electrons. The van der Waals surface area contributed by atoms with Crippen LogP contribution in [-0.2, 0) is 4.79 Å². The Morgan fingerprint density at radius 3 is 2.25 bits per heavy atom. The molecule has 0 bridgehead atoms. The van der Waals surface area contributed by atoms with Crippen molar-refractivity contribution in [3.63, 3.8) is 0 Å². The lowest BCUT2D eigenvalue weighted by Crippen LogP contribution is -2.37. The largest absolute Gasteiger partial charge is 0.497 e. The van der Waals surface area contributed by atoms with Crippen LogP contribution in [0, 0.1) is 0 Å². The highest BCUT2D eigenvalue weighted by atomic mass is 16.5. The summed E-state index contributed by atoms with van der Waals surface area (Å²) in [5.74, 6) is 0.516. The van der Waals surface area contributed by atoms with Crippen molar-refractivity contribution < 1.29 is 9.53 Å². The van der Waals surface area contributed by atoms with E-state index in [1.165, 1.54) is 0 Å². The summed E-state index contributed by atoms with van der Waals surface area (Å²) >= 11 is 0. The monoisotopic (exact) mass is 326 g/mol. The van der Waals surface area contributed by atoms with E-state index in [-0.39, 0.29) is 11.8 Å². The molecule has 24 heavy (non-hydrogen) atoms. The summed E-state index contributed by atoms with van der Waals surface area (Å²) in [6, 6.07) is 13.4. The lowest BCUT2D eigenvalue weighted by molar-refractivity contribution is -0.132.